The van der Waals surface area contributed by atoms with Crippen molar-refractivity contribution in [1.29, 1.82) is 0 Å². The first-order chi connectivity index (χ1) is 11.1. The molecule has 0 aliphatic rings. The molecular weight excluding hydrogens is 360 g/mol. The lowest BCUT2D eigenvalue weighted by Crippen LogP contribution is -2.09. The summed E-state index contributed by atoms with van der Waals surface area (Å²) in [7, 11) is 0. The maximum atomic E-state index is 12.1. The molecule has 0 fully saturated rings. The second kappa shape index (κ2) is 8.48. The quantitative estimate of drug-likeness (QED) is 0.305. The molecule has 0 unspecified atom stereocenters. The lowest BCUT2D eigenvalue weighted by atomic mass is 10.2. The third-order valence-corrected chi connectivity index (χ3v) is 3.77. The van der Waals surface area contributed by atoms with Gasteiger partial charge in [-0.25, -0.2) is 4.79 Å². The van der Waals surface area contributed by atoms with Crippen LogP contribution in [0, 0.1) is 0 Å². The predicted octanol–water partition coefficient (Wildman–Crippen LogP) is 4.66. The van der Waals surface area contributed by atoms with Gasteiger partial charge < -0.3 is 9.47 Å². The summed E-state index contributed by atoms with van der Waals surface area (Å²) >= 11 is 3.40. The molecule has 0 saturated carbocycles. The number of benzene rings is 2. The van der Waals surface area contributed by atoms with E-state index in [0.717, 1.165) is 19.1 Å². The molecule has 2 aromatic rings. The lowest BCUT2D eigenvalue weighted by Gasteiger charge is -2.09. The number of unbranched alkanes of at least 4 members (excludes halogenated alkanes) is 1. The summed E-state index contributed by atoms with van der Waals surface area (Å²) in [6.07, 6.45) is 2.78. The zero-order chi connectivity index (χ0) is 16.7. The van der Waals surface area contributed by atoms with Gasteiger partial charge in [0.25, 0.3) is 0 Å². The molecule has 0 saturated heterocycles. The van der Waals surface area contributed by atoms with Crippen molar-refractivity contribution in [2.75, 3.05) is 6.61 Å². The molecule has 0 spiro atoms. The van der Waals surface area contributed by atoms with Gasteiger partial charge in [0.15, 0.2) is 0 Å². The summed E-state index contributed by atoms with van der Waals surface area (Å²) in [5.74, 6) is 0.620. The summed E-state index contributed by atoms with van der Waals surface area (Å²) < 4.78 is 11.6. The van der Waals surface area contributed by atoms with Crippen LogP contribution < -0.4 is 9.47 Å². The van der Waals surface area contributed by atoms with E-state index in [0.29, 0.717) is 33.7 Å². The molecule has 23 heavy (non-hydrogen) atoms. The highest BCUT2D eigenvalue weighted by Crippen LogP contribution is 2.27. The van der Waals surface area contributed by atoms with E-state index in [2.05, 4.69) is 22.9 Å². The Kier molecular flexibility index (Phi) is 6.35. The Labute approximate surface area is 143 Å². The van der Waals surface area contributed by atoms with Gasteiger partial charge in [0.1, 0.15) is 17.8 Å². The van der Waals surface area contributed by atoms with Gasteiger partial charge in [-0.1, -0.05) is 13.3 Å². The number of rotatable bonds is 7. The number of carbonyl (C=O) groups is 2. The monoisotopic (exact) mass is 376 g/mol. The minimum Gasteiger partial charge on any atom is -0.492 e. The van der Waals surface area contributed by atoms with Crippen molar-refractivity contribution in [3.05, 3.63) is 58.1 Å². The number of halogens is 1. The molecule has 2 aromatic carbocycles. The van der Waals surface area contributed by atoms with Gasteiger partial charge >= 0.3 is 5.97 Å². The average Bonchev–Trinajstić information content (AvgIpc) is 2.57. The minimum absolute atomic E-state index is 0.389. The highest BCUT2D eigenvalue weighted by molar-refractivity contribution is 9.10. The van der Waals surface area contributed by atoms with Gasteiger partial charge in [-0.15, -0.1) is 0 Å². The molecular formula is C18H17BrO4. The predicted molar refractivity (Wildman–Crippen MR) is 91.3 cm³/mol. The standard InChI is InChI=1S/C18H17BrO4/c1-2-3-10-22-17-9-6-14(11-16(17)19)18(21)23-15-7-4-13(12-20)5-8-15/h4-9,11-12H,2-3,10H2,1H3. The van der Waals surface area contributed by atoms with Crippen LogP contribution in [0.15, 0.2) is 46.9 Å². The summed E-state index contributed by atoms with van der Waals surface area (Å²) in [4.78, 5) is 22.7. The minimum atomic E-state index is -0.468. The Morgan fingerprint density at radius 3 is 2.52 bits per heavy atom. The lowest BCUT2D eigenvalue weighted by molar-refractivity contribution is 0.0734. The molecule has 120 valence electrons. The van der Waals surface area contributed by atoms with Crippen molar-refractivity contribution in [2.24, 2.45) is 0 Å². The molecule has 2 rings (SSSR count). The molecule has 0 aromatic heterocycles. The van der Waals surface area contributed by atoms with E-state index >= 15 is 0 Å². The van der Waals surface area contributed by atoms with Crippen molar-refractivity contribution in [3.8, 4) is 11.5 Å². The van der Waals surface area contributed by atoms with Crippen LogP contribution in [0.1, 0.15) is 40.5 Å². The van der Waals surface area contributed by atoms with Crippen LogP contribution in [0.5, 0.6) is 11.5 Å². The third kappa shape index (κ3) is 4.93. The van der Waals surface area contributed by atoms with Crippen LogP contribution in [-0.2, 0) is 0 Å². The first-order valence-corrected chi connectivity index (χ1v) is 8.13. The first kappa shape index (κ1) is 17.2. The van der Waals surface area contributed by atoms with Crippen LogP contribution in [-0.4, -0.2) is 18.9 Å². The van der Waals surface area contributed by atoms with Gasteiger partial charge in [-0.3, -0.25) is 4.79 Å². The van der Waals surface area contributed by atoms with Gasteiger partial charge in [0.05, 0.1) is 16.6 Å². The van der Waals surface area contributed by atoms with Crippen molar-refractivity contribution in [1.82, 2.24) is 0 Å². The van der Waals surface area contributed by atoms with Crippen molar-refractivity contribution >= 4 is 28.2 Å². The number of ether oxygens (including phenoxy) is 2. The normalized spacial score (nSPS) is 10.2. The van der Waals surface area contributed by atoms with Gasteiger partial charge in [0.2, 0.25) is 0 Å². The summed E-state index contributed by atoms with van der Waals surface area (Å²) in [5, 5.41) is 0. The fourth-order valence-corrected chi connectivity index (χ4v) is 2.34. The third-order valence-electron chi connectivity index (χ3n) is 3.15. The summed E-state index contributed by atoms with van der Waals surface area (Å²) in [6, 6.07) is 11.4. The van der Waals surface area contributed by atoms with E-state index in [1.54, 1.807) is 42.5 Å². The molecule has 0 radical (unpaired) electrons. The Bertz CT molecular complexity index is 680. The van der Waals surface area contributed by atoms with Gasteiger partial charge in [-0.05, 0) is 64.8 Å². The molecule has 0 aliphatic carbocycles. The van der Waals surface area contributed by atoms with E-state index in [4.69, 9.17) is 9.47 Å². The molecule has 5 heteroatoms. The Balaban J connectivity index is 2.03. The van der Waals surface area contributed by atoms with Crippen LogP contribution in [0.2, 0.25) is 0 Å². The van der Waals surface area contributed by atoms with Crippen molar-refractivity contribution in [2.45, 2.75) is 19.8 Å². The molecule has 0 aliphatic heterocycles. The number of hydrogen-bond donors (Lipinski definition) is 0. The Hall–Kier alpha value is -2.14. The highest BCUT2D eigenvalue weighted by Gasteiger charge is 2.11. The fraction of sp³-hybridized carbons (Fsp3) is 0.222. The topological polar surface area (TPSA) is 52.6 Å². The molecule has 0 heterocycles. The number of esters is 1. The van der Waals surface area contributed by atoms with Gasteiger partial charge in [0, 0.05) is 5.56 Å². The SMILES string of the molecule is CCCCOc1ccc(C(=O)Oc2ccc(C=O)cc2)cc1Br. The number of aldehydes is 1. The van der Waals surface area contributed by atoms with Crippen LogP contribution in [0.3, 0.4) is 0 Å². The maximum Gasteiger partial charge on any atom is 0.343 e. The Morgan fingerprint density at radius 1 is 1.17 bits per heavy atom. The number of hydrogen-bond acceptors (Lipinski definition) is 4. The van der Waals surface area contributed by atoms with Crippen LogP contribution in [0.25, 0.3) is 0 Å². The maximum absolute atomic E-state index is 12.1. The summed E-state index contributed by atoms with van der Waals surface area (Å²) in [5.41, 5.74) is 0.945. The second-order valence-corrected chi connectivity index (χ2v) is 5.78. The van der Waals surface area contributed by atoms with E-state index in [1.807, 2.05) is 0 Å². The van der Waals surface area contributed by atoms with Crippen molar-refractivity contribution in [3.63, 3.8) is 0 Å². The Morgan fingerprint density at radius 2 is 1.91 bits per heavy atom. The number of carbonyl (C=O) groups excluding carboxylic acids is 2. The molecule has 4 nitrogen and oxygen atoms in total. The van der Waals surface area contributed by atoms with Crippen LogP contribution >= 0.6 is 15.9 Å². The van der Waals surface area contributed by atoms with E-state index in [1.165, 1.54) is 0 Å². The molecule has 0 atom stereocenters. The zero-order valence-electron chi connectivity index (χ0n) is 12.8. The average molecular weight is 377 g/mol. The fourth-order valence-electron chi connectivity index (χ4n) is 1.85. The molecule has 0 bridgehead atoms. The first-order valence-electron chi connectivity index (χ1n) is 7.34. The summed E-state index contributed by atoms with van der Waals surface area (Å²) in [6.45, 7) is 2.74. The van der Waals surface area contributed by atoms with E-state index in [9.17, 15) is 9.59 Å². The van der Waals surface area contributed by atoms with E-state index < -0.39 is 5.97 Å². The molecule has 0 amide bonds. The zero-order valence-corrected chi connectivity index (χ0v) is 14.3. The van der Waals surface area contributed by atoms with Gasteiger partial charge in [-0.2, -0.15) is 0 Å². The highest BCUT2D eigenvalue weighted by atomic mass is 79.9. The largest absolute Gasteiger partial charge is 0.492 e. The smallest absolute Gasteiger partial charge is 0.343 e. The van der Waals surface area contributed by atoms with E-state index in [-0.39, 0.29) is 0 Å². The van der Waals surface area contributed by atoms with Crippen molar-refractivity contribution < 1.29 is 19.1 Å². The van der Waals surface area contributed by atoms with Crippen LogP contribution in [0.4, 0.5) is 0 Å². The second-order valence-electron chi connectivity index (χ2n) is 4.92. The molecule has 0 N–H and O–H groups in total.